The third-order valence-electron chi connectivity index (χ3n) is 1.51. The van der Waals surface area contributed by atoms with Crippen LogP contribution in [0.25, 0.3) is 0 Å². The molecule has 0 radical (unpaired) electrons. The molecule has 0 unspecified atom stereocenters. The summed E-state index contributed by atoms with van der Waals surface area (Å²) in [4.78, 5) is 4.07. The zero-order chi connectivity index (χ0) is 8.27. The van der Waals surface area contributed by atoms with Crippen LogP contribution in [0, 0.1) is 6.92 Å². The maximum absolute atomic E-state index is 5.68. The van der Waals surface area contributed by atoms with Crippen molar-refractivity contribution < 1.29 is 4.74 Å². The molecule has 0 atom stereocenters. The molecule has 0 N–H and O–H groups in total. The van der Waals surface area contributed by atoms with Crippen molar-refractivity contribution in [2.75, 3.05) is 7.11 Å². The van der Waals surface area contributed by atoms with Gasteiger partial charge >= 0.3 is 0 Å². The van der Waals surface area contributed by atoms with E-state index in [-0.39, 0.29) is 0 Å². The van der Waals surface area contributed by atoms with E-state index in [4.69, 9.17) is 16.3 Å². The number of pyridine rings is 1. The SMILES string of the molecule is COc1c(CCl)ccnc1C. The Morgan fingerprint density at radius 2 is 2.36 bits per heavy atom. The van der Waals surface area contributed by atoms with Crippen LogP contribution >= 0.6 is 11.6 Å². The zero-order valence-corrected chi connectivity index (χ0v) is 7.35. The van der Waals surface area contributed by atoms with Gasteiger partial charge in [0.05, 0.1) is 18.7 Å². The van der Waals surface area contributed by atoms with Crippen molar-refractivity contribution in [1.29, 1.82) is 0 Å². The lowest BCUT2D eigenvalue weighted by atomic mass is 10.2. The number of hydrogen-bond acceptors (Lipinski definition) is 2. The minimum atomic E-state index is 0.465. The van der Waals surface area contributed by atoms with Crippen molar-refractivity contribution in [3.05, 3.63) is 23.5 Å². The summed E-state index contributed by atoms with van der Waals surface area (Å²) >= 11 is 5.68. The van der Waals surface area contributed by atoms with E-state index < -0.39 is 0 Å². The smallest absolute Gasteiger partial charge is 0.144 e. The van der Waals surface area contributed by atoms with Crippen molar-refractivity contribution in [3.8, 4) is 5.75 Å². The van der Waals surface area contributed by atoms with Crippen LogP contribution in [0.15, 0.2) is 12.3 Å². The zero-order valence-electron chi connectivity index (χ0n) is 6.60. The molecular weight excluding hydrogens is 162 g/mol. The summed E-state index contributed by atoms with van der Waals surface area (Å²) in [5.74, 6) is 1.26. The monoisotopic (exact) mass is 171 g/mol. The highest BCUT2D eigenvalue weighted by Gasteiger charge is 2.04. The number of rotatable bonds is 2. The molecule has 1 aromatic heterocycles. The molecule has 11 heavy (non-hydrogen) atoms. The minimum absolute atomic E-state index is 0.465. The Bertz CT molecular complexity index is 250. The molecule has 0 amide bonds. The Kier molecular flexibility index (Phi) is 2.71. The second kappa shape index (κ2) is 3.58. The molecule has 0 saturated heterocycles. The van der Waals surface area contributed by atoms with E-state index in [1.807, 2.05) is 13.0 Å². The molecule has 0 saturated carbocycles. The summed E-state index contributed by atoms with van der Waals surface area (Å²) < 4.78 is 5.12. The van der Waals surface area contributed by atoms with Gasteiger partial charge in [0.2, 0.25) is 0 Å². The van der Waals surface area contributed by atoms with Gasteiger partial charge in [0.15, 0.2) is 0 Å². The third kappa shape index (κ3) is 1.63. The molecule has 0 aliphatic carbocycles. The second-order valence-electron chi connectivity index (χ2n) is 2.22. The summed E-state index contributed by atoms with van der Waals surface area (Å²) in [7, 11) is 1.63. The van der Waals surface area contributed by atoms with Crippen molar-refractivity contribution in [2.24, 2.45) is 0 Å². The average molecular weight is 172 g/mol. The van der Waals surface area contributed by atoms with Crippen LogP contribution in [0.3, 0.4) is 0 Å². The van der Waals surface area contributed by atoms with Crippen LogP contribution in [-0.2, 0) is 5.88 Å². The number of ether oxygens (including phenoxy) is 1. The number of methoxy groups -OCH3 is 1. The summed E-state index contributed by atoms with van der Waals surface area (Å²) in [5, 5.41) is 0. The first kappa shape index (κ1) is 8.34. The molecular formula is C8H10ClNO. The van der Waals surface area contributed by atoms with Crippen LogP contribution in [0.5, 0.6) is 5.75 Å². The molecule has 0 spiro atoms. The van der Waals surface area contributed by atoms with E-state index in [0.29, 0.717) is 5.88 Å². The molecule has 2 nitrogen and oxygen atoms in total. The molecule has 0 fully saturated rings. The first-order chi connectivity index (χ1) is 5.29. The number of alkyl halides is 1. The fraction of sp³-hybridized carbons (Fsp3) is 0.375. The van der Waals surface area contributed by atoms with Crippen molar-refractivity contribution in [3.63, 3.8) is 0 Å². The maximum Gasteiger partial charge on any atom is 0.144 e. The first-order valence-electron chi connectivity index (χ1n) is 3.34. The van der Waals surface area contributed by atoms with Crippen molar-refractivity contribution in [1.82, 2.24) is 4.98 Å². The van der Waals surface area contributed by atoms with Crippen LogP contribution < -0.4 is 4.74 Å². The largest absolute Gasteiger partial charge is 0.495 e. The molecule has 0 bridgehead atoms. The number of halogens is 1. The first-order valence-corrected chi connectivity index (χ1v) is 3.87. The fourth-order valence-electron chi connectivity index (χ4n) is 0.990. The summed E-state index contributed by atoms with van der Waals surface area (Å²) in [6.45, 7) is 1.90. The molecule has 1 rings (SSSR count). The van der Waals surface area contributed by atoms with Crippen LogP contribution in [-0.4, -0.2) is 12.1 Å². The van der Waals surface area contributed by atoms with E-state index >= 15 is 0 Å². The molecule has 0 aliphatic rings. The fourth-order valence-corrected chi connectivity index (χ4v) is 1.20. The molecule has 1 heterocycles. The van der Waals surface area contributed by atoms with Crippen LogP contribution in [0.1, 0.15) is 11.3 Å². The number of hydrogen-bond donors (Lipinski definition) is 0. The van der Waals surface area contributed by atoms with E-state index in [0.717, 1.165) is 17.0 Å². The molecule has 0 aliphatic heterocycles. The summed E-state index contributed by atoms with van der Waals surface area (Å²) in [6.07, 6.45) is 1.73. The Hall–Kier alpha value is -0.760. The van der Waals surface area contributed by atoms with Crippen LogP contribution in [0.4, 0.5) is 0 Å². The Balaban J connectivity index is 3.13. The quantitative estimate of drug-likeness (QED) is 0.637. The normalized spacial score (nSPS) is 9.73. The lowest BCUT2D eigenvalue weighted by Gasteiger charge is -2.06. The third-order valence-corrected chi connectivity index (χ3v) is 1.80. The van der Waals surface area contributed by atoms with Gasteiger partial charge in [-0.25, -0.2) is 0 Å². The maximum atomic E-state index is 5.68. The van der Waals surface area contributed by atoms with E-state index in [2.05, 4.69) is 4.98 Å². The lowest BCUT2D eigenvalue weighted by Crippen LogP contribution is -1.94. The number of aromatic nitrogens is 1. The highest BCUT2D eigenvalue weighted by atomic mass is 35.5. The molecule has 60 valence electrons. The molecule has 3 heteroatoms. The van der Waals surface area contributed by atoms with Gasteiger partial charge in [-0.15, -0.1) is 11.6 Å². The van der Waals surface area contributed by atoms with E-state index in [1.54, 1.807) is 13.3 Å². The van der Waals surface area contributed by atoms with Gasteiger partial charge in [0, 0.05) is 11.8 Å². The van der Waals surface area contributed by atoms with Gasteiger partial charge in [-0.2, -0.15) is 0 Å². The van der Waals surface area contributed by atoms with Crippen LogP contribution in [0.2, 0.25) is 0 Å². The van der Waals surface area contributed by atoms with Gasteiger partial charge < -0.3 is 4.74 Å². The Labute approximate surface area is 71.2 Å². The van der Waals surface area contributed by atoms with Crippen molar-refractivity contribution >= 4 is 11.6 Å². The standard InChI is InChI=1S/C8H10ClNO/c1-6-8(11-2)7(5-9)3-4-10-6/h3-4H,5H2,1-2H3. The van der Waals surface area contributed by atoms with Gasteiger partial charge in [0.25, 0.3) is 0 Å². The number of aryl methyl sites for hydroxylation is 1. The highest BCUT2D eigenvalue weighted by molar-refractivity contribution is 6.17. The lowest BCUT2D eigenvalue weighted by molar-refractivity contribution is 0.405. The summed E-state index contributed by atoms with van der Waals surface area (Å²) in [5.41, 5.74) is 1.87. The molecule has 1 aromatic rings. The van der Waals surface area contributed by atoms with Gasteiger partial charge in [0.1, 0.15) is 5.75 Å². The predicted molar refractivity (Wildman–Crippen MR) is 45.1 cm³/mol. The average Bonchev–Trinajstić information content (AvgIpc) is 2.04. The minimum Gasteiger partial charge on any atom is -0.495 e. The van der Waals surface area contributed by atoms with Gasteiger partial charge in [-0.3, -0.25) is 4.98 Å². The van der Waals surface area contributed by atoms with E-state index in [1.165, 1.54) is 0 Å². The summed E-state index contributed by atoms with van der Waals surface area (Å²) in [6, 6.07) is 1.86. The van der Waals surface area contributed by atoms with Gasteiger partial charge in [-0.1, -0.05) is 0 Å². The molecule has 0 aromatic carbocycles. The predicted octanol–water partition coefficient (Wildman–Crippen LogP) is 2.14. The Morgan fingerprint density at radius 3 is 2.82 bits per heavy atom. The topological polar surface area (TPSA) is 22.1 Å². The van der Waals surface area contributed by atoms with Gasteiger partial charge in [-0.05, 0) is 13.0 Å². The Morgan fingerprint density at radius 1 is 1.64 bits per heavy atom. The second-order valence-corrected chi connectivity index (χ2v) is 2.49. The number of nitrogens with zero attached hydrogens (tertiary/aromatic N) is 1. The van der Waals surface area contributed by atoms with E-state index in [9.17, 15) is 0 Å². The van der Waals surface area contributed by atoms with Crippen molar-refractivity contribution in [2.45, 2.75) is 12.8 Å². The highest BCUT2D eigenvalue weighted by Crippen LogP contribution is 2.21.